The summed E-state index contributed by atoms with van der Waals surface area (Å²) in [6, 6.07) is 6.23. The number of carbonyl (C=O) groups is 1. The van der Waals surface area contributed by atoms with Crippen LogP contribution in [0.4, 0.5) is 10.3 Å². The standard InChI is InChI=1S/C23H35FN4O2/c1-7-27(8-2)23-20(22(25-30-23)18-9-11-19(24)12-10-18)16-28(14-13-26(5)6)21(29)15-17(3)4/h9-12,17H,7-8,13-16H2,1-6H3. The van der Waals surface area contributed by atoms with Gasteiger partial charge < -0.3 is 19.2 Å². The van der Waals surface area contributed by atoms with Gasteiger partial charge in [0, 0.05) is 38.2 Å². The number of rotatable bonds is 11. The van der Waals surface area contributed by atoms with Crippen molar-refractivity contribution in [2.45, 2.75) is 40.7 Å². The second-order valence-electron chi connectivity index (χ2n) is 8.21. The van der Waals surface area contributed by atoms with Gasteiger partial charge in [0.15, 0.2) is 0 Å². The van der Waals surface area contributed by atoms with Crippen LogP contribution in [-0.2, 0) is 11.3 Å². The largest absolute Gasteiger partial charge is 0.341 e. The Morgan fingerprint density at radius 3 is 2.27 bits per heavy atom. The van der Waals surface area contributed by atoms with Crippen LogP contribution in [0, 0.1) is 11.7 Å². The summed E-state index contributed by atoms with van der Waals surface area (Å²) < 4.78 is 19.2. The van der Waals surface area contributed by atoms with Crippen LogP contribution in [0.15, 0.2) is 28.8 Å². The fraction of sp³-hybridized carbons (Fsp3) is 0.565. The molecule has 0 aliphatic carbocycles. The van der Waals surface area contributed by atoms with Crippen molar-refractivity contribution in [1.29, 1.82) is 0 Å². The quantitative estimate of drug-likeness (QED) is 0.546. The van der Waals surface area contributed by atoms with Crippen molar-refractivity contribution in [2.24, 2.45) is 5.92 Å². The third-order valence-corrected chi connectivity index (χ3v) is 5.04. The highest BCUT2D eigenvalue weighted by Crippen LogP contribution is 2.33. The van der Waals surface area contributed by atoms with Gasteiger partial charge in [-0.05, 0) is 58.1 Å². The van der Waals surface area contributed by atoms with Crippen molar-refractivity contribution in [3.05, 3.63) is 35.6 Å². The van der Waals surface area contributed by atoms with E-state index in [0.29, 0.717) is 31.1 Å². The second kappa shape index (κ2) is 11.1. The van der Waals surface area contributed by atoms with E-state index in [1.807, 2.05) is 32.8 Å². The lowest BCUT2D eigenvalue weighted by atomic mass is 10.1. The first-order valence-electron chi connectivity index (χ1n) is 10.7. The molecule has 0 aliphatic heterocycles. The monoisotopic (exact) mass is 418 g/mol. The molecule has 1 aromatic heterocycles. The van der Waals surface area contributed by atoms with Crippen molar-refractivity contribution in [3.63, 3.8) is 0 Å². The van der Waals surface area contributed by atoms with Gasteiger partial charge in [-0.15, -0.1) is 0 Å². The number of hydrogen-bond acceptors (Lipinski definition) is 5. The number of carbonyl (C=O) groups excluding carboxylic acids is 1. The summed E-state index contributed by atoms with van der Waals surface area (Å²) in [6.45, 7) is 11.5. The zero-order valence-electron chi connectivity index (χ0n) is 19.1. The lowest BCUT2D eigenvalue weighted by Gasteiger charge is -2.27. The Morgan fingerprint density at radius 1 is 1.10 bits per heavy atom. The lowest BCUT2D eigenvalue weighted by molar-refractivity contribution is -0.132. The highest BCUT2D eigenvalue weighted by Gasteiger charge is 2.25. The molecule has 2 aromatic rings. The smallest absolute Gasteiger partial charge is 0.232 e. The predicted octanol–water partition coefficient (Wildman–Crippen LogP) is 4.26. The Labute approximate surface area is 179 Å². The van der Waals surface area contributed by atoms with Crippen molar-refractivity contribution in [3.8, 4) is 11.3 Å². The summed E-state index contributed by atoms with van der Waals surface area (Å²) in [4.78, 5) is 19.0. The first kappa shape index (κ1) is 23.9. The van der Waals surface area contributed by atoms with Crippen LogP contribution < -0.4 is 4.90 Å². The molecular formula is C23H35FN4O2. The van der Waals surface area contributed by atoms with Crippen LogP contribution in [-0.4, -0.2) is 61.1 Å². The minimum atomic E-state index is -0.299. The van der Waals surface area contributed by atoms with Crippen LogP contribution >= 0.6 is 0 Å². The molecule has 0 saturated carbocycles. The van der Waals surface area contributed by atoms with Crippen molar-refractivity contribution >= 4 is 11.8 Å². The third kappa shape index (κ3) is 6.29. The number of anilines is 1. The van der Waals surface area contributed by atoms with E-state index in [2.05, 4.69) is 28.8 Å². The number of benzene rings is 1. The van der Waals surface area contributed by atoms with Gasteiger partial charge in [-0.2, -0.15) is 0 Å². The van der Waals surface area contributed by atoms with E-state index < -0.39 is 0 Å². The van der Waals surface area contributed by atoms with Gasteiger partial charge in [0.2, 0.25) is 11.8 Å². The van der Waals surface area contributed by atoms with Gasteiger partial charge in [-0.1, -0.05) is 19.0 Å². The molecule has 7 heteroatoms. The number of likely N-dealkylation sites (N-methyl/N-ethyl adjacent to an activating group) is 1. The predicted molar refractivity (Wildman–Crippen MR) is 119 cm³/mol. The molecule has 1 amide bonds. The number of amides is 1. The summed E-state index contributed by atoms with van der Waals surface area (Å²) in [6.07, 6.45) is 0.491. The second-order valence-corrected chi connectivity index (χ2v) is 8.21. The molecule has 0 bridgehead atoms. The lowest BCUT2D eigenvalue weighted by Crippen LogP contribution is -2.37. The average molecular weight is 419 g/mol. The van der Waals surface area contributed by atoms with Crippen LogP contribution in [0.5, 0.6) is 0 Å². The molecule has 1 heterocycles. The average Bonchev–Trinajstić information content (AvgIpc) is 3.09. The number of halogens is 1. The Hall–Kier alpha value is -2.41. The molecule has 0 aliphatic rings. The molecule has 166 valence electrons. The molecular weight excluding hydrogens is 383 g/mol. The molecule has 0 spiro atoms. The molecule has 1 aromatic carbocycles. The van der Waals surface area contributed by atoms with Crippen molar-refractivity contribution in [2.75, 3.05) is 45.2 Å². The van der Waals surface area contributed by atoms with Gasteiger partial charge in [0.05, 0.1) is 12.1 Å². The number of aromatic nitrogens is 1. The van der Waals surface area contributed by atoms with Crippen LogP contribution in [0.2, 0.25) is 0 Å². The summed E-state index contributed by atoms with van der Waals surface area (Å²) in [5, 5.41) is 4.31. The summed E-state index contributed by atoms with van der Waals surface area (Å²) >= 11 is 0. The molecule has 0 fully saturated rings. The first-order valence-corrected chi connectivity index (χ1v) is 10.7. The minimum Gasteiger partial charge on any atom is -0.341 e. The SMILES string of the molecule is CCN(CC)c1onc(-c2ccc(F)cc2)c1CN(CCN(C)C)C(=O)CC(C)C. The zero-order chi connectivity index (χ0) is 22.3. The van der Waals surface area contributed by atoms with E-state index in [4.69, 9.17) is 4.52 Å². The van der Waals surface area contributed by atoms with Gasteiger partial charge >= 0.3 is 0 Å². The summed E-state index contributed by atoms with van der Waals surface area (Å²) in [7, 11) is 3.99. The van der Waals surface area contributed by atoms with Gasteiger partial charge in [0.1, 0.15) is 11.5 Å². The van der Waals surface area contributed by atoms with Crippen LogP contribution in [0.1, 0.15) is 39.7 Å². The van der Waals surface area contributed by atoms with Crippen LogP contribution in [0.3, 0.4) is 0 Å². The van der Waals surface area contributed by atoms with E-state index in [9.17, 15) is 9.18 Å². The van der Waals surface area contributed by atoms with Crippen molar-refractivity contribution in [1.82, 2.24) is 15.0 Å². The maximum absolute atomic E-state index is 13.4. The summed E-state index contributed by atoms with van der Waals surface area (Å²) in [5.41, 5.74) is 2.29. The molecule has 0 unspecified atom stereocenters. The minimum absolute atomic E-state index is 0.114. The molecule has 6 nitrogen and oxygen atoms in total. The van der Waals surface area contributed by atoms with Crippen LogP contribution in [0.25, 0.3) is 11.3 Å². The Balaban J connectivity index is 2.46. The van der Waals surface area contributed by atoms with E-state index in [1.165, 1.54) is 12.1 Å². The fourth-order valence-electron chi connectivity index (χ4n) is 3.32. The summed E-state index contributed by atoms with van der Waals surface area (Å²) in [5.74, 6) is 0.767. The van der Waals surface area contributed by atoms with E-state index in [-0.39, 0.29) is 17.6 Å². The Morgan fingerprint density at radius 2 is 1.73 bits per heavy atom. The molecule has 0 saturated heterocycles. The van der Waals surface area contributed by atoms with Gasteiger partial charge in [-0.3, -0.25) is 4.79 Å². The number of hydrogen-bond donors (Lipinski definition) is 0. The number of nitrogens with zero attached hydrogens (tertiary/aromatic N) is 4. The molecule has 0 atom stereocenters. The van der Waals surface area contributed by atoms with E-state index in [0.717, 1.165) is 30.8 Å². The maximum atomic E-state index is 13.4. The Kier molecular flexibility index (Phi) is 8.84. The van der Waals surface area contributed by atoms with Gasteiger partial charge in [0.25, 0.3) is 0 Å². The maximum Gasteiger partial charge on any atom is 0.232 e. The highest BCUT2D eigenvalue weighted by atomic mass is 19.1. The topological polar surface area (TPSA) is 52.8 Å². The van der Waals surface area contributed by atoms with E-state index >= 15 is 0 Å². The fourth-order valence-corrected chi connectivity index (χ4v) is 3.32. The molecule has 2 rings (SSSR count). The van der Waals surface area contributed by atoms with Crippen molar-refractivity contribution < 1.29 is 13.7 Å². The molecule has 0 N–H and O–H groups in total. The third-order valence-electron chi connectivity index (χ3n) is 5.04. The first-order chi connectivity index (χ1) is 14.3. The Bertz CT molecular complexity index is 798. The van der Waals surface area contributed by atoms with E-state index in [1.54, 1.807) is 12.1 Å². The van der Waals surface area contributed by atoms with Gasteiger partial charge in [-0.25, -0.2) is 4.39 Å². The zero-order valence-corrected chi connectivity index (χ0v) is 19.1. The molecule has 30 heavy (non-hydrogen) atoms. The normalized spacial score (nSPS) is 11.4. The highest BCUT2D eigenvalue weighted by molar-refractivity contribution is 5.77. The molecule has 0 radical (unpaired) electrons.